The fraction of sp³-hybridized carbons (Fsp3) is 0.222. The molecule has 0 spiro atoms. The Bertz CT molecular complexity index is 2140. The zero-order valence-corrected chi connectivity index (χ0v) is 40.0. The van der Waals surface area contributed by atoms with Gasteiger partial charge in [0.1, 0.15) is 0 Å². The van der Waals surface area contributed by atoms with Crippen LogP contribution in [0.15, 0.2) is 48.6 Å². The van der Waals surface area contributed by atoms with Crippen LogP contribution in [0.2, 0.25) is 0 Å². The first kappa shape index (κ1) is 75.2. The van der Waals surface area contributed by atoms with Crippen LogP contribution in [0.25, 0.3) is 0 Å². The van der Waals surface area contributed by atoms with Gasteiger partial charge in [0, 0.05) is 0 Å². The molecule has 416 valence electrons. The smallest absolute Gasteiger partial charge is 0.545 e. The Kier molecular flexibility index (Phi) is 30.2. The number of hydrogen-bond donors (Lipinski definition) is 16. The molecule has 0 aliphatic carbocycles. The van der Waals surface area contributed by atoms with Crippen molar-refractivity contribution in [2.45, 2.75) is 0 Å². The van der Waals surface area contributed by atoms with Crippen molar-refractivity contribution in [2.75, 3.05) is 0 Å². The molecule has 0 aliphatic heterocycles. The second kappa shape index (κ2) is 31.0. The van der Waals surface area contributed by atoms with Crippen molar-refractivity contribution in [1.29, 1.82) is 0 Å². The molecule has 0 aromatic carbocycles. The Balaban J connectivity index is -0.000000298. The second-order valence-corrected chi connectivity index (χ2v) is 13.0. The van der Waals surface area contributed by atoms with Gasteiger partial charge in [-0.1, -0.05) is 24.3 Å². The van der Waals surface area contributed by atoms with E-state index in [1.165, 1.54) is 0 Å². The van der Waals surface area contributed by atoms with E-state index in [9.17, 15) is 116 Å². The third-order valence-corrected chi connectivity index (χ3v) is 8.56. The molecule has 0 bridgehead atoms. The molecular weight excluding hydrogens is 1250 g/mol. The quantitative estimate of drug-likeness (QED) is 0.0196. The largest absolute Gasteiger partial charge is 4.00 e. The van der Waals surface area contributed by atoms with E-state index in [1.807, 2.05) is 0 Å². The van der Waals surface area contributed by atoms with Gasteiger partial charge in [-0.2, -0.15) is 0 Å². The molecule has 0 aromatic rings. The van der Waals surface area contributed by atoms with Gasteiger partial charge in [0.05, 0.1) is 23.9 Å². The summed E-state index contributed by atoms with van der Waals surface area (Å²) in [6, 6.07) is 0. The number of carbonyl (C=O) groups excluding carboxylic acids is 4. The van der Waals surface area contributed by atoms with Crippen LogP contribution in [0, 0.1) is 45.3 Å². The van der Waals surface area contributed by atoms with Crippen molar-refractivity contribution in [2.24, 2.45) is 45.3 Å². The first-order valence-corrected chi connectivity index (χ1v) is 17.6. The number of rotatable bonds is 28. The van der Waals surface area contributed by atoms with Gasteiger partial charge in [0.25, 0.3) is 0 Å². The summed E-state index contributed by atoms with van der Waals surface area (Å²) in [5, 5.41) is 180. The molecule has 0 fully saturated rings. The molecule has 40 nitrogen and oxygen atoms in total. The molecule has 0 rings (SSSR count). The van der Waals surface area contributed by atoms with E-state index in [0.717, 1.165) is 0 Å². The minimum absolute atomic E-state index is 0. The summed E-state index contributed by atoms with van der Waals surface area (Å²) in [4.78, 5) is 214. The van der Waals surface area contributed by atoms with Crippen molar-refractivity contribution in [1.82, 2.24) is 0 Å². The van der Waals surface area contributed by atoms with Gasteiger partial charge in [-0.25, -0.2) is 0 Å². The SMILES string of the molecule is O=C([O-])C=CC(C(=O)O)(C(=O)O)C(C(=O)O)C(=O)O.O=C([O-])C=CC(C(=O)O)(C(=O)O)C(C(=O)O)C(=O)O.O=C([O-])C=CC(C(=O)O)(C(=O)O)C(C(=O)O)C(=O)O.O=C([O-])C=CC(C(=O)O)(C(=O)O)C(C(=O)O)C(=O)O.[Hf+4]. The summed E-state index contributed by atoms with van der Waals surface area (Å²) in [6.45, 7) is 0. The fourth-order valence-corrected chi connectivity index (χ4v) is 5.09. The van der Waals surface area contributed by atoms with E-state index in [-0.39, 0.29) is 74.5 Å². The molecule has 41 heteroatoms. The summed E-state index contributed by atoms with van der Waals surface area (Å²) < 4.78 is 0. The second-order valence-electron chi connectivity index (χ2n) is 13.0. The van der Waals surface area contributed by atoms with Crippen LogP contribution in [-0.4, -0.2) is 201 Å². The van der Waals surface area contributed by atoms with Crippen molar-refractivity contribution >= 4 is 119 Å². The predicted molar refractivity (Wildman–Crippen MR) is 202 cm³/mol. The van der Waals surface area contributed by atoms with Gasteiger partial charge < -0.3 is 121 Å². The molecular formula is C36H28HfO40. The monoisotopic (exact) mass is 1280 g/mol. The molecule has 0 aromatic heterocycles. The number of aliphatic carboxylic acids is 20. The van der Waals surface area contributed by atoms with E-state index in [2.05, 4.69) is 0 Å². The van der Waals surface area contributed by atoms with E-state index in [4.69, 9.17) is 81.7 Å². The van der Waals surface area contributed by atoms with E-state index < -0.39 is 165 Å². The van der Waals surface area contributed by atoms with Gasteiger partial charge in [0.15, 0.2) is 23.7 Å². The maximum Gasteiger partial charge on any atom is 4.00 e. The van der Waals surface area contributed by atoms with Crippen LogP contribution in [-0.2, 0) is 122 Å². The summed E-state index contributed by atoms with van der Waals surface area (Å²) in [6.07, 6.45) is -0.440. The molecule has 0 saturated heterocycles. The third kappa shape index (κ3) is 19.0. The Hall–Kier alpha value is -10.8. The van der Waals surface area contributed by atoms with Gasteiger partial charge >= 0.3 is 121 Å². The summed E-state index contributed by atoms with van der Waals surface area (Å²) in [7, 11) is 0. The Morgan fingerprint density at radius 3 is 0.377 bits per heavy atom. The molecule has 0 radical (unpaired) electrons. The van der Waals surface area contributed by atoms with Crippen LogP contribution >= 0.6 is 0 Å². The van der Waals surface area contributed by atoms with Crippen LogP contribution in [0.5, 0.6) is 0 Å². The number of hydrogen-bond acceptors (Lipinski definition) is 24. The average molecular weight is 1280 g/mol. The topological polar surface area (TPSA) is 757 Å². The predicted octanol–water partition coefficient (Wildman–Crippen LogP) is -11.1. The first-order chi connectivity index (χ1) is 34.3. The molecule has 0 aliphatic rings. The normalized spacial score (nSPS) is 11.3. The molecule has 0 amide bonds. The number of carboxylic acids is 20. The summed E-state index contributed by atoms with van der Waals surface area (Å²) >= 11 is 0. The van der Waals surface area contributed by atoms with Crippen LogP contribution in [0.1, 0.15) is 0 Å². The molecule has 0 saturated carbocycles. The molecule has 77 heavy (non-hydrogen) atoms. The zero-order valence-electron chi connectivity index (χ0n) is 36.4. The molecule has 0 heterocycles. The van der Waals surface area contributed by atoms with E-state index in [0.29, 0.717) is 0 Å². The Morgan fingerprint density at radius 2 is 0.325 bits per heavy atom. The maximum absolute atomic E-state index is 11.0. The van der Waals surface area contributed by atoms with Crippen molar-refractivity contribution in [3.63, 3.8) is 0 Å². The summed E-state index contributed by atoms with van der Waals surface area (Å²) in [5.41, 5.74) is -13.9. The number of carbonyl (C=O) groups is 20. The van der Waals surface area contributed by atoms with Gasteiger partial charge in [0.2, 0.25) is 21.7 Å². The number of carboxylic acid groups (broad SMARTS) is 20. The minimum Gasteiger partial charge on any atom is -0.545 e. The van der Waals surface area contributed by atoms with Crippen LogP contribution < -0.4 is 20.4 Å². The van der Waals surface area contributed by atoms with Crippen molar-refractivity contribution < 1.29 is 224 Å². The Morgan fingerprint density at radius 1 is 0.234 bits per heavy atom. The van der Waals surface area contributed by atoms with Gasteiger partial charge in [-0.3, -0.25) is 76.7 Å². The molecule has 0 atom stereocenters. The zero-order chi connectivity index (χ0) is 61.5. The molecule has 0 unspecified atom stereocenters. The van der Waals surface area contributed by atoms with E-state index >= 15 is 0 Å². The standard InChI is InChI=1S/4C9H8O10.Hf/c4*10-3(11)1-2-9(7(16)17,8(18)19)4(5(12)13)6(14)15;/h4*1-2,4H,(H,10,11)(H,12,13)(H,14,15)(H,16,17)(H,18,19);/q;;;;+4/p-4. The van der Waals surface area contributed by atoms with Crippen LogP contribution in [0.4, 0.5) is 0 Å². The minimum atomic E-state index is -3.47. The maximum atomic E-state index is 11.0. The van der Waals surface area contributed by atoms with E-state index in [1.54, 1.807) is 0 Å². The van der Waals surface area contributed by atoms with Gasteiger partial charge in [-0.15, -0.1) is 0 Å². The third-order valence-electron chi connectivity index (χ3n) is 8.56. The van der Waals surface area contributed by atoms with Gasteiger partial charge in [-0.05, 0) is 24.3 Å². The average Bonchev–Trinajstić information content (AvgIpc) is 3.21. The molecule has 16 N–H and O–H groups in total. The fourth-order valence-electron chi connectivity index (χ4n) is 5.09. The van der Waals surface area contributed by atoms with Crippen molar-refractivity contribution in [3.05, 3.63) is 48.6 Å². The van der Waals surface area contributed by atoms with Crippen molar-refractivity contribution in [3.8, 4) is 0 Å². The van der Waals surface area contributed by atoms with Crippen LogP contribution in [0.3, 0.4) is 0 Å². The first-order valence-electron chi connectivity index (χ1n) is 17.6. The summed E-state index contributed by atoms with van der Waals surface area (Å²) in [5.74, 6) is -56.4. The Labute approximate surface area is 436 Å².